The number of nitrogens with zero attached hydrogens (tertiary/aromatic N) is 1. The molecule has 0 unspecified atom stereocenters. The summed E-state index contributed by atoms with van der Waals surface area (Å²) in [5.74, 6) is 3.33. The van der Waals surface area contributed by atoms with Crippen molar-refractivity contribution in [3.63, 3.8) is 0 Å². The average Bonchev–Trinajstić information content (AvgIpc) is 2.20. The van der Waals surface area contributed by atoms with Crippen LogP contribution in [0.15, 0.2) is 16.7 Å². The van der Waals surface area contributed by atoms with Crippen molar-refractivity contribution in [1.82, 2.24) is 4.98 Å². The summed E-state index contributed by atoms with van der Waals surface area (Å²) in [4.78, 5) is 4.17. The molecular weight excluding hydrogens is 275 g/mol. The number of pyridine rings is 1. The van der Waals surface area contributed by atoms with E-state index in [0.717, 1.165) is 36.1 Å². The number of nitrogens with one attached hydrogen (secondary N) is 1. The van der Waals surface area contributed by atoms with Crippen LogP contribution in [0.5, 0.6) is 0 Å². The lowest BCUT2D eigenvalue weighted by Gasteiger charge is -2.06. The second-order valence-corrected chi connectivity index (χ2v) is 4.39. The highest BCUT2D eigenvalue weighted by Crippen LogP contribution is 2.22. The van der Waals surface area contributed by atoms with Crippen LogP contribution in [0.25, 0.3) is 0 Å². The standard InChI is InChI=1S/C11H12BrClN2/c1-2-3-4-5-6-14-11-10(13)7-9(12)8-15-11/h1,7-8H,3-6H2,(H,14,15). The fraction of sp³-hybridized carbons (Fsp3) is 0.364. The zero-order chi connectivity index (χ0) is 11.1. The van der Waals surface area contributed by atoms with Gasteiger partial charge < -0.3 is 5.32 Å². The van der Waals surface area contributed by atoms with E-state index in [1.54, 1.807) is 6.20 Å². The maximum absolute atomic E-state index is 5.98. The molecule has 0 fully saturated rings. The Kier molecular flexibility index (Phi) is 5.52. The summed E-state index contributed by atoms with van der Waals surface area (Å²) in [6.07, 6.45) is 9.75. The van der Waals surface area contributed by atoms with Gasteiger partial charge in [-0.3, -0.25) is 0 Å². The molecule has 4 heteroatoms. The van der Waals surface area contributed by atoms with Crippen LogP contribution in [0.1, 0.15) is 19.3 Å². The summed E-state index contributed by atoms with van der Waals surface area (Å²) < 4.78 is 0.880. The molecule has 0 amide bonds. The number of hydrogen-bond donors (Lipinski definition) is 1. The van der Waals surface area contributed by atoms with Gasteiger partial charge in [0.15, 0.2) is 0 Å². The lowest BCUT2D eigenvalue weighted by atomic mass is 10.2. The zero-order valence-electron chi connectivity index (χ0n) is 8.26. The number of halogens is 2. The first-order valence-electron chi connectivity index (χ1n) is 4.72. The summed E-state index contributed by atoms with van der Waals surface area (Å²) in [7, 11) is 0. The van der Waals surface area contributed by atoms with Crippen LogP contribution in [-0.2, 0) is 0 Å². The molecule has 0 spiro atoms. The Morgan fingerprint density at radius 3 is 3.00 bits per heavy atom. The monoisotopic (exact) mass is 286 g/mol. The Balaban J connectivity index is 2.35. The second kappa shape index (κ2) is 6.71. The van der Waals surface area contributed by atoms with Crippen molar-refractivity contribution in [2.75, 3.05) is 11.9 Å². The van der Waals surface area contributed by atoms with Crippen LogP contribution < -0.4 is 5.32 Å². The smallest absolute Gasteiger partial charge is 0.144 e. The quantitative estimate of drug-likeness (QED) is 0.659. The number of aromatic nitrogens is 1. The molecule has 0 aromatic carbocycles. The van der Waals surface area contributed by atoms with Crippen molar-refractivity contribution in [2.24, 2.45) is 0 Å². The van der Waals surface area contributed by atoms with Crippen LogP contribution in [0.4, 0.5) is 5.82 Å². The molecule has 0 aliphatic rings. The van der Waals surface area contributed by atoms with E-state index in [0.29, 0.717) is 5.02 Å². The Labute approximate surface area is 104 Å². The third kappa shape index (κ3) is 4.55. The molecule has 2 nitrogen and oxygen atoms in total. The Morgan fingerprint density at radius 2 is 2.33 bits per heavy atom. The topological polar surface area (TPSA) is 24.9 Å². The van der Waals surface area contributed by atoms with E-state index in [9.17, 15) is 0 Å². The summed E-state index contributed by atoms with van der Waals surface area (Å²) in [6, 6.07) is 1.82. The molecule has 0 atom stereocenters. The number of unbranched alkanes of at least 4 members (excludes halogenated alkanes) is 2. The Morgan fingerprint density at radius 1 is 1.53 bits per heavy atom. The van der Waals surface area contributed by atoms with Gasteiger partial charge in [-0.2, -0.15) is 0 Å². The highest BCUT2D eigenvalue weighted by atomic mass is 79.9. The lowest BCUT2D eigenvalue weighted by Crippen LogP contribution is -2.03. The normalized spacial score (nSPS) is 9.67. The van der Waals surface area contributed by atoms with Crippen molar-refractivity contribution in [1.29, 1.82) is 0 Å². The molecule has 15 heavy (non-hydrogen) atoms. The van der Waals surface area contributed by atoms with Crippen LogP contribution in [0.2, 0.25) is 5.02 Å². The second-order valence-electron chi connectivity index (χ2n) is 3.07. The van der Waals surface area contributed by atoms with Gasteiger partial charge in [-0.25, -0.2) is 4.98 Å². The molecule has 0 saturated heterocycles. The van der Waals surface area contributed by atoms with Gasteiger partial charge in [-0.1, -0.05) is 11.6 Å². The molecular formula is C11H12BrClN2. The van der Waals surface area contributed by atoms with E-state index in [2.05, 4.69) is 32.2 Å². The number of anilines is 1. The predicted octanol–water partition coefficient (Wildman–Crippen LogP) is 3.71. The number of hydrogen-bond acceptors (Lipinski definition) is 2. The molecule has 1 heterocycles. The summed E-state index contributed by atoms with van der Waals surface area (Å²) >= 11 is 9.28. The molecule has 1 aromatic rings. The first-order chi connectivity index (χ1) is 7.24. The van der Waals surface area contributed by atoms with Gasteiger partial charge in [-0.15, -0.1) is 12.3 Å². The highest BCUT2D eigenvalue weighted by molar-refractivity contribution is 9.10. The summed E-state index contributed by atoms with van der Waals surface area (Å²) in [6.45, 7) is 0.843. The molecule has 80 valence electrons. The van der Waals surface area contributed by atoms with Gasteiger partial charge >= 0.3 is 0 Å². The van der Waals surface area contributed by atoms with Crippen LogP contribution in [0.3, 0.4) is 0 Å². The lowest BCUT2D eigenvalue weighted by molar-refractivity contribution is 0.787. The summed E-state index contributed by atoms with van der Waals surface area (Å²) in [5, 5.41) is 3.79. The third-order valence-corrected chi connectivity index (χ3v) is 2.57. The average molecular weight is 288 g/mol. The van der Waals surface area contributed by atoms with E-state index in [-0.39, 0.29) is 0 Å². The largest absolute Gasteiger partial charge is 0.369 e. The van der Waals surface area contributed by atoms with Crippen molar-refractivity contribution < 1.29 is 0 Å². The maximum Gasteiger partial charge on any atom is 0.144 e. The molecule has 0 saturated carbocycles. The SMILES string of the molecule is C#CCCCCNc1ncc(Br)cc1Cl. The molecule has 0 bridgehead atoms. The molecule has 0 radical (unpaired) electrons. The fourth-order valence-corrected chi connectivity index (χ4v) is 1.80. The first kappa shape index (κ1) is 12.4. The van der Waals surface area contributed by atoms with Crippen molar-refractivity contribution in [3.8, 4) is 12.3 Å². The molecule has 0 aliphatic carbocycles. The van der Waals surface area contributed by atoms with E-state index >= 15 is 0 Å². The summed E-state index contributed by atoms with van der Waals surface area (Å²) in [5.41, 5.74) is 0. The predicted molar refractivity (Wildman–Crippen MR) is 68.1 cm³/mol. The van der Waals surface area contributed by atoms with Gasteiger partial charge in [0, 0.05) is 23.6 Å². The van der Waals surface area contributed by atoms with Crippen molar-refractivity contribution in [3.05, 3.63) is 21.8 Å². The van der Waals surface area contributed by atoms with Gasteiger partial charge in [0.2, 0.25) is 0 Å². The van der Waals surface area contributed by atoms with Gasteiger partial charge in [0.1, 0.15) is 5.82 Å². The number of terminal acetylenes is 1. The van der Waals surface area contributed by atoms with Crippen molar-refractivity contribution >= 4 is 33.3 Å². The van der Waals surface area contributed by atoms with Gasteiger partial charge in [-0.05, 0) is 34.8 Å². The van der Waals surface area contributed by atoms with Gasteiger partial charge in [0.05, 0.1) is 5.02 Å². The zero-order valence-corrected chi connectivity index (χ0v) is 10.6. The van der Waals surface area contributed by atoms with Crippen LogP contribution in [0, 0.1) is 12.3 Å². The van der Waals surface area contributed by atoms with Crippen molar-refractivity contribution in [2.45, 2.75) is 19.3 Å². The Hall–Kier alpha value is -0.720. The molecule has 1 N–H and O–H groups in total. The molecule has 1 rings (SSSR count). The molecule has 0 aliphatic heterocycles. The van der Waals surface area contributed by atoms with E-state index in [1.165, 1.54) is 0 Å². The first-order valence-corrected chi connectivity index (χ1v) is 5.89. The minimum atomic E-state index is 0.626. The fourth-order valence-electron chi connectivity index (χ4n) is 1.10. The van der Waals surface area contributed by atoms with E-state index in [1.807, 2.05) is 6.07 Å². The highest BCUT2D eigenvalue weighted by Gasteiger charge is 2.00. The number of rotatable bonds is 5. The Bertz CT molecular complexity index is 360. The molecule has 1 aromatic heterocycles. The third-order valence-electron chi connectivity index (χ3n) is 1.85. The minimum Gasteiger partial charge on any atom is -0.369 e. The van der Waals surface area contributed by atoms with Crippen LogP contribution >= 0.6 is 27.5 Å². The van der Waals surface area contributed by atoms with Crippen LogP contribution in [-0.4, -0.2) is 11.5 Å². The van der Waals surface area contributed by atoms with E-state index < -0.39 is 0 Å². The maximum atomic E-state index is 5.98. The van der Waals surface area contributed by atoms with Gasteiger partial charge in [0.25, 0.3) is 0 Å². The van der Waals surface area contributed by atoms with E-state index in [4.69, 9.17) is 18.0 Å². The minimum absolute atomic E-state index is 0.626.